The number of rotatable bonds is 0. The molecule has 3 unspecified atom stereocenters. The summed E-state index contributed by atoms with van der Waals surface area (Å²) in [6.45, 7) is 0. The van der Waals surface area contributed by atoms with Crippen molar-refractivity contribution in [3.63, 3.8) is 0 Å². The predicted octanol–water partition coefficient (Wildman–Crippen LogP) is 8.24. The molecule has 7 rings (SSSR count). The highest BCUT2D eigenvalue weighted by atomic mass is 79.9. The average molecular weight is 479 g/mol. The molecule has 4 aromatic rings. The van der Waals surface area contributed by atoms with Crippen molar-refractivity contribution < 1.29 is 0 Å². The Morgan fingerprint density at radius 1 is 0.677 bits per heavy atom. The molecule has 148 valence electrons. The summed E-state index contributed by atoms with van der Waals surface area (Å²) in [5, 5.41) is 2.63. The van der Waals surface area contributed by atoms with Crippen LogP contribution in [0.5, 0.6) is 0 Å². The third-order valence-corrected chi connectivity index (χ3v) is 8.87. The van der Waals surface area contributed by atoms with Crippen LogP contribution in [0, 0.1) is 5.92 Å². The summed E-state index contributed by atoms with van der Waals surface area (Å²) in [5.74, 6) is 0.763. The molecule has 3 atom stereocenters. The third-order valence-electron chi connectivity index (χ3n) is 7.24. The molecule has 0 N–H and O–H groups in total. The maximum atomic E-state index is 3.79. The van der Waals surface area contributed by atoms with Crippen molar-refractivity contribution in [2.45, 2.75) is 21.1 Å². The van der Waals surface area contributed by atoms with Crippen LogP contribution >= 0.6 is 27.7 Å². The molecule has 2 aliphatic carbocycles. The largest absolute Gasteiger partial charge is 0.0894 e. The maximum absolute atomic E-state index is 3.79. The third kappa shape index (κ3) is 2.32. The van der Waals surface area contributed by atoms with Crippen molar-refractivity contribution in [2.24, 2.45) is 5.92 Å². The van der Waals surface area contributed by atoms with Gasteiger partial charge in [0.15, 0.2) is 0 Å². The summed E-state index contributed by atoms with van der Waals surface area (Å²) in [5.41, 5.74) is 5.60. The second kappa shape index (κ2) is 6.48. The topological polar surface area (TPSA) is 0 Å². The zero-order valence-corrected chi connectivity index (χ0v) is 19.2. The molecular weight excluding hydrogens is 460 g/mol. The molecule has 31 heavy (non-hydrogen) atoms. The molecule has 0 saturated heterocycles. The molecule has 0 radical (unpaired) electrons. The first-order valence-corrected chi connectivity index (χ1v) is 12.3. The first-order chi connectivity index (χ1) is 15.3. The van der Waals surface area contributed by atoms with E-state index >= 15 is 0 Å². The van der Waals surface area contributed by atoms with Crippen LogP contribution < -0.4 is 0 Å². The first-order valence-electron chi connectivity index (χ1n) is 10.7. The lowest BCUT2D eigenvalue weighted by Crippen LogP contribution is -2.37. The lowest BCUT2D eigenvalue weighted by atomic mass is 9.62. The van der Waals surface area contributed by atoms with E-state index in [2.05, 4.69) is 119 Å². The van der Waals surface area contributed by atoms with Crippen molar-refractivity contribution in [3.8, 4) is 0 Å². The van der Waals surface area contributed by atoms with Gasteiger partial charge in [-0.25, -0.2) is 0 Å². The zero-order chi connectivity index (χ0) is 20.6. The van der Waals surface area contributed by atoms with Crippen LogP contribution in [-0.4, -0.2) is 0 Å². The fourth-order valence-corrected chi connectivity index (χ4v) is 7.65. The molecule has 0 saturated carbocycles. The second-order valence-corrected chi connectivity index (χ2v) is 10.7. The number of halogens is 1. The summed E-state index contributed by atoms with van der Waals surface area (Å²) < 4.78 is 1.15. The summed E-state index contributed by atoms with van der Waals surface area (Å²) >= 11 is 5.71. The monoisotopic (exact) mass is 478 g/mol. The van der Waals surface area contributed by atoms with E-state index in [4.69, 9.17) is 0 Å². The summed E-state index contributed by atoms with van der Waals surface area (Å²) in [4.78, 5) is 2.75. The molecule has 3 aliphatic rings. The minimum absolute atomic E-state index is 0.188. The van der Waals surface area contributed by atoms with Gasteiger partial charge in [-0.2, -0.15) is 0 Å². The van der Waals surface area contributed by atoms with Crippen LogP contribution in [0.25, 0.3) is 10.8 Å². The number of hydrogen-bond acceptors (Lipinski definition) is 1. The van der Waals surface area contributed by atoms with Crippen molar-refractivity contribution in [2.75, 3.05) is 0 Å². The highest BCUT2D eigenvalue weighted by Gasteiger charge is 2.55. The maximum Gasteiger partial charge on any atom is 0.0548 e. The van der Waals surface area contributed by atoms with Crippen LogP contribution in [0.2, 0.25) is 0 Å². The molecule has 4 aromatic carbocycles. The molecule has 2 heteroatoms. The van der Waals surface area contributed by atoms with Crippen molar-refractivity contribution in [1.29, 1.82) is 0 Å². The lowest BCUT2D eigenvalue weighted by Gasteiger charge is -2.43. The van der Waals surface area contributed by atoms with Gasteiger partial charge >= 0.3 is 0 Å². The molecule has 0 amide bonds. The Bertz CT molecular complexity index is 1450. The van der Waals surface area contributed by atoms with Crippen LogP contribution in [0.1, 0.15) is 28.2 Å². The molecular formula is C29H19BrS. The Labute approximate surface area is 194 Å². The molecule has 0 nitrogen and oxygen atoms in total. The van der Waals surface area contributed by atoms with Gasteiger partial charge < -0.3 is 0 Å². The van der Waals surface area contributed by atoms with Gasteiger partial charge in [-0.3, -0.25) is 0 Å². The van der Waals surface area contributed by atoms with Gasteiger partial charge in [0.05, 0.1) is 5.41 Å². The van der Waals surface area contributed by atoms with Gasteiger partial charge in [0.25, 0.3) is 0 Å². The number of hydrogen-bond donors (Lipinski definition) is 0. The molecule has 1 heterocycles. The summed E-state index contributed by atoms with van der Waals surface area (Å²) in [6, 6.07) is 29.6. The van der Waals surface area contributed by atoms with E-state index in [1.54, 1.807) is 0 Å². The smallest absolute Gasteiger partial charge is 0.0548 e. The molecule has 0 aromatic heterocycles. The Balaban J connectivity index is 1.67. The highest BCUT2D eigenvalue weighted by molar-refractivity contribution is 9.10. The Morgan fingerprint density at radius 3 is 2.32 bits per heavy atom. The minimum atomic E-state index is -0.188. The van der Waals surface area contributed by atoms with Crippen LogP contribution in [0.15, 0.2) is 117 Å². The van der Waals surface area contributed by atoms with E-state index < -0.39 is 0 Å². The van der Waals surface area contributed by atoms with E-state index in [-0.39, 0.29) is 5.41 Å². The Kier molecular flexibility index (Phi) is 3.77. The SMILES string of the molecule is Brc1ccc2c(c1)C1(c3cc4ccccc4cc3S2)c2ccccc2C2C=CC=CC21. The van der Waals surface area contributed by atoms with Crippen molar-refractivity contribution >= 4 is 38.5 Å². The van der Waals surface area contributed by atoms with Crippen molar-refractivity contribution in [3.05, 3.63) is 130 Å². The van der Waals surface area contributed by atoms with E-state index in [9.17, 15) is 0 Å². The quantitative estimate of drug-likeness (QED) is 0.245. The minimum Gasteiger partial charge on any atom is -0.0894 e. The Morgan fingerprint density at radius 2 is 1.42 bits per heavy atom. The molecule has 1 spiro atoms. The highest BCUT2D eigenvalue weighted by Crippen LogP contribution is 2.65. The fourth-order valence-electron chi connectivity index (χ4n) is 6.07. The zero-order valence-electron chi connectivity index (χ0n) is 16.8. The molecule has 0 bridgehead atoms. The van der Waals surface area contributed by atoms with Gasteiger partial charge in [-0.1, -0.05) is 101 Å². The fraction of sp³-hybridized carbons (Fsp3) is 0.103. The number of fused-ring (bicyclic) bond motifs is 10. The van der Waals surface area contributed by atoms with Gasteiger partial charge in [0, 0.05) is 26.1 Å². The standard InChI is InChI=1S/C29H19BrS/c30-20-13-14-27-26(17-20)29(25-15-18-7-1-2-8-19(18)16-28(25)31-27)23-11-5-3-9-21(23)22-10-4-6-12-24(22)29/h1-17,21,23H. The van der Waals surface area contributed by atoms with Gasteiger partial charge in [-0.15, -0.1) is 0 Å². The molecule has 0 fully saturated rings. The van der Waals surface area contributed by atoms with E-state index in [0.29, 0.717) is 11.8 Å². The lowest BCUT2D eigenvalue weighted by molar-refractivity contribution is 0.442. The van der Waals surface area contributed by atoms with Crippen LogP contribution in [0.3, 0.4) is 0 Å². The van der Waals surface area contributed by atoms with E-state index in [0.717, 1.165) is 4.47 Å². The number of allylic oxidation sites excluding steroid dienone is 4. The molecule has 1 aliphatic heterocycles. The van der Waals surface area contributed by atoms with Gasteiger partial charge in [0.1, 0.15) is 0 Å². The van der Waals surface area contributed by atoms with E-state index in [1.807, 2.05) is 11.8 Å². The van der Waals surface area contributed by atoms with Gasteiger partial charge in [0.2, 0.25) is 0 Å². The summed E-state index contributed by atoms with van der Waals surface area (Å²) in [7, 11) is 0. The Hall–Kier alpha value is -2.55. The summed E-state index contributed by atoms with van der Waals surface area (Å²) in [6.07, 6.45) is 9.31. The number of benzene rings is 4. The second-order valence-electron chi connectivity index (χ2n) is 8.65. The van der Waals surface area contributed by atoms with Crippen LogP contribution in [0.4, 0.5) is 0 Å². The van der Waals surface area contributed by atoms with Gasteiger partial charge in [-0.05, 0) is 63.4 Å². The van der Waals surface area contributed by atoms with Crippen LogP contribution in [-0.2, 0) is 5.41 Å². The van der Waals surface area contributed by atoms with Crippen molar-refractivity contribution in [1.82, 2.24) is 0 Å². The normalized spacial score (nSPS) is 24.7. The van der Waals surface area contributed by atoms with E-state index in [1.165, 1.54) is 42.8 Å². The average Bonchev–Trinajstić information content (AvgIpc) is 3.10. The first kappa shape index (κ1) is 18.1. The predicted molar refractivity (Wildman–Crippen MR) is 133 cm³/mol.